The van der Waals surface area contributed by atoms with Crippen molar-refractivity contribution in [3.8, 4) is 55.6 Å². The number of rotatable bonds is 6. The Kier molecular flexibility index (Phi) is 8.00. The largest absolute Gasteiger partial charge is 0.494 e. The predicted molar refractivity (Wildman–Crippen MR) is 222 cm³/mol. The molecule has 1 saturated heterocycles. The smallest absolute Gasteiger partial charge is 0.399 e. The van der Waals surface area contributed by atoms with E-state index in [0.717, 1.165) is 27.7 Å². The maximum Gasteiger partial charge on any atom is 0.494 e. The van der Waals surface area contributed by atoms with Gasteiger partial charge in [0.1, 0.15) is 0 Å². The zero-order valence-electron chi connectivity index (χ0n) is 29.9. The Morgan fingerprint density at radius 2 is 0.846 bits per heavy atom. The molecular weight excluding hydrogens is 651 g/mol. The van der Waals surface area contributed by atoms with Crippen molar-refractivity contribution in [3.05, 3.63) is 164 Å². The fourth-order valence-electron chi connectivity index (χ4n) is 7.31. The molecule has 0 aliphatic carbocycles. The van der Waals surface area contributed by atoms with E-state index >= 15 is 0 Å². The van der Waals surface area contributed by atoms with Gasteiger partial charge in [-0.2, -0.15) is 0 Å². The van der Waals surface area contributed by atoms with Crippen molar-refractivity contribution in [1.82, 2.24) is 0 Å². The highest BCUT2D eigenvalue weighted by atomic mass is 32.1. The molecule has 1 aliphatic rings. The van der Waals surface area contributed by atoms with E-state index in [1.165, 1.54) is 53.6 Å². The Bertz CT molecular complexity index is 2500. The van der Waals surface area contributed by atoms with Crippen LogP contribution in [0, 0.1) is 0 Å². The lowest BCUT2D eigenvalue weighted by molar-refractivity contribution is 0.00578. The molecule has 0 radical (unpaired) electrons. The van der Waals surface area contributed by atoms with Crippen LogP contribution in [0.5, 0.6) is 0 Å². The van der Waals surface area contributed by atoms with Gasteiger partial charge in [-0.1, -0.05) is 133 Å². The number of thiophene rings is 1. The van der Waals surface area contributed by atoms with Crippen LogP contribution < -0.4 is 5.46 Å². The first-order valence-electron chi connectivity index (χ1n) is 18.0. The highest BCUT2D eigenvalue weighted by Crippen LogP contribution is 2.41. The molecule has 0 unspecified atom stereocenters. The van der Waals surface area contributed by atoms with E-state index in [9.17, 15) is 0 Å². The van der Waals surface area contributed by atoms with Gasteiger partial charge in [0, 0.05) is 20.2 Å². The molecule has 1 aliphatic heterocycles. The maximum absolute atomic E-state index is 6.64. The van der Waals surface area contributed by atoms with Gasteiger partial charge in [-0.3, -0.25) is 0 Å². The summed E-state index contributed by atoms with van der Waals surface area (Å²) >= 11 is 1.87. The van der Waals surface area contributed by atoms with Crippen LogP contribution in [0.3, 0.4) is 0 Å². The van der Waals surface area contributed by atoms with Gasteiger partial charge in [-0.25, -0.2) is 0 Å². The van der Waals surface area contributed by atoms with Crippen molar-refractivity contribution in [2.24, 2.45) is 0 Å². The van der Waals surface area contributed by atoms with Crippen molar-refractivity contribution < 1.29 is 9.31 Å². The fraction of sp³-hybridized carbons (Fsp3) is 0.125. The minimum Gasteiger partial charge on any atom is -0.399 e. The Balaban J connectivity index is 1.18. The van der Waals surface area contributed by atoms with Gasteiger partial charge >= 0.3 is 7.12 Å². The summed E-state index contributed by atoms with van der Waals surface area (Å²) < 4.78 is 15.9. The molecule has 7 aromatic carbocycles. The molecule has 0 bridgehead atoms. The summed E-state index contributed by atoms with van der Waals surface area (Å²) in [5.41, 5.74) is 11.9. The Hall–Kier alpha value is -5.26. The summed E-state index contributed by atoms with van der Waals surface area (Å²) in [5, 5.41) is 2.63. The summed E-state index contributed by atoms with van der Waals surface area (Å²) in [6, 6.07) is 59.4. The Morgan fingerprint density at radius 3 is 1.44 bits per heavy atom. The van der Waals surface area contributed by atoms with Gasteiger partial charge in [0.15, 0.2) is 0 Å². The first-order valence-corrected chi connectivity index (χ1v) is 18.8. The average molecular weight is 691 g/mol. The van der Waals surface area contributed by atoms with Crippen LogP contribution in [0.15, 0.2) is 164 Å². The molecule has 0 atom stereocenters. The lowest BCUT2D eigenvalue weighted by atomic mass is 9.76. The van der Waals surface area contributed by atoms with Crippen LogP contribution in [-0.2, 0) is 9.31 Å². The molecule has 0 saturated carbocycles. The second-order valence-corrected chi connectivity index (χ2v) is 15.9. The molecule has 8 aromatic rings. The molecule has 2 nitrogen and oxygen atoms in total. The molecule has 0 N–H and O–H groups in total. The predicted octanol–water partition coefficient (Wildman–Crippen LogP) is 12.7. The zero-order chi connectivity index (χ0) is 35.5. The summed E-state index contributed by atoms with van der Waals surface area (Å²) in [7, 11) is -0.487. The number of benzene rings is 7. The van der Waals surface area contributed by atoms with Crippen molar-refractivity contribution in [2.75, 3.05) is 0 Å². The lowest BCUT2D eigenvalue weighted by Crippen LogP contribution is -2.41. The third kappa shape index (κ3) is 5.87. The van der Waals surface area contributed by atoms with E-state index in [-0.39, 0.29) is 0 Å². The third-order valence-electron chi connectivity index (χ3n) is 10.9. The third-order valence-corrected chi connectivity index (χ3v) is 12.1. The molecule has 0 amide bonds. The Labute approximate surface area is 310 Å². The number of fused-ring (bicyclic) bond motifs is 3. The minimum absolute atomic E-state index is 0.448. The van der Waals surface area contributed by atoms with Gasteiger partial charge in [0.05, 0.1) is 11.2 Å². The minimum atomic E-state index is -0.487. The van der Waals surface area contributed by atoms with E-state index < -0.39 is 18.3 Å². The van der Waals surface area contributed by atoms with E-state index in [2.05, 4.69) is 191 Å². The van der Waals surface area contributed by atoms with Crippen LogP contribution in [0.4, 0.5) is 0 Å². The van der Waals surface area contributed by atoms with Crippen LogP contribution in [-0.4, -0.2) is 18.3 Å². The topological polar surface area (TPSA) is 18.5 Å². The quantitative estimate of drug-likeness (QED) is 0.162. The highest BCUT2D eigenvalue weighted by Gasteiger charge is 2.51. The van der Waals surface area contributed by atoms with Crippen molar-refractivity contribution in [3.63, 3.8) is 0 Å². The van der Waals surface area contributed by atoms with Crippen LogP contribution in [0.25, 0.3) is 75.8 Å². The van der Waals surface area contributed by atoms with Gasteiger partial charge in [-0.15, -0.1) is 11.3 Å². The lowest BCUT2D eigenvalue weighted by Gasteiger charge is -2.32. The van der Waals surface area contributed by atoms with E-state index in [0.29, 0.717) is 0 Å². The molecule has 4 heteroatoms. The van der Waals surface area contributed by atoms with Crippen molar-refractivity contribution in [2.45, 2.75) is 38.9 Å². The van der Waals surface area contributed by atoms with E-state index in [1.54, 1.807) is 0 Å². The van der Waals surface area contributed by atoms with Gasteiger partial charge < -0.3 is 9.31 Å². The molecule has 1 aromatic heterocycles. The van der Waals surface area contributed by atoms with Gasteiger partial charge in [0.25, 0.3) is 0 Å². The number of hydrogen-bond donors (Lipinski definition) is 0. The van der Waals surface area contributed by atoms with E-state index in [1.807, 2.05) is 11.3 Å². The van der Waals surface area contributed by atoms with Crippen molar-refractivity contribution >= 4 is 44.1 Å². The SMILES string of the molecule is CC1(C)OB(c2cc(-c3ccc(-c4cccc5c4sc4ccccc45)cc3)cc(-c3cc(-c4ccccc4)cc(-c4ccccc4)c3)c2)OC1(C)C. The van der Waals surface area contributed by atoms with Crippen LogP contribution in [0.2, 0.25) is 0 Å². The van der Waals surface area contributed by atoms with Gasteiger partial charge in [0.2, 0.25) is 0 Å². The standard InChI is InChI=1S/C48H39BO2S/c1-47(2)48(3,4)51-49(50-47)41-30-39(34-22-24-35(25-23-34)42-19-13-20-44-43-18-11-12-21-45(43)52-46(42)44)29-40(31-41)38-27-36(32-14-7-5-8-15-32)26-37(28-38)33-16-9-6-10-17-33/h5-31H,1-4H3. The first kappa shape index (κ1) is 32.6. The molecular formula is C48H39BO2S. The monoisotopic (exact) mass is 690 g/mol. The molecule has 2 heterocycles. The van der Waals surface area contributed by atoms with Crippen LogP contribution >= 0.6 is 11.3 Å². The van der Waals surface area contributed by atoms with Gasteiger partial charge in [-0.05, 0) is 119 Å². The second-order valence-electron chi connectivity index (χ2n) is 14.8. The molecule has 1 fully saturated rings. The first-order chi connectivity index (χ1) is 25.2. The normalized spacial score (nSPS) is 15.0. The van der Waals surface area contributed by atoms with E-state index in [4.69, 9.17) is 9.31 Å². The molecule has 9 rings (SSSR count). The average Bonchev–Trinajstić information content (AvgIpc) is 3.67. The second kappa shape index (κ2) is 12.8. The highest BCUT2D eigenvalue weighted by molar-refractivity contribution is 7.26. The molecule has 52 heavy (non-hydrogen) atoms. The molecule has 0 spiro atoms. The summed E-state index contributed by atoms with van der Waals surface area (Å²) in [4.78, 5) is 0. The zero-order valence-corrected chi connectivity index (χ0v) is 30.7. The van der Waals surface area contributed by atoms with Crippen LogP contribution in [0.1, 0.15) is 27.7 Å². The summed E-state index contributed by atoms with van der Waals surface area (Å²) in [6.07, 6.45) is 0. The molecule has 252 valence electrons. The maximum atomic E-state index is 6.64. The van der Waals surface area contributed by atoms with Crippen molar-refractivity contribution in [1.29, 1.82) is 0 Å². The number of hydrogen-bond acceptors (Lipinski definition) is 3. The summed E-state index contributed by atoms with van der Waals surface area (Å²) in [5.74, 6) is 0. The Morgan fingerprint density at radius 1 is 0.404 bits per heavy atom. The fourth-order valence-corrected chi connectivity index (χ4v) is 8.54. The summed E-state index contributed by atoms with van der Waals surface area (Å²) in [6.45, 7) is 8.46.